The lowest BCUT2D eigenvalue weighted by atomic mass is 10.3. The van der Waals surface area contributed by atoms with Gasteiger partial charge in [-0.3, -0.25) is 0 Å². The highest BCUT2D eigenvalue weighted by molar-refractivity contribution is 7.03. The second-order valence-electron chi connectivity index (χ2n) is 2.06. The lowest BCUT2D eigenvalue weighted by Gasteiger charge is -1.99. The van der Waals surface area contributed by atoms with Crippen molar-refractivity contribution in [1.29, 1.82) is 0 Å². The van der Waals surface area contributed by atoms with Crippen LogP contribution in [-0.4, -0.2) is 15.5 Å². The maximum atomic E-state index is 5.18. The van der Waals surface area contributed by atoms with Gasteiger partial charge in [0.15, 0.2) is 5.96 Å². The van der Waals surface area contributed by atoms with E-state index in [9.17, 15) is 0 Å². The molecule has 0 aliphatic carbocycles. The molecular weight excluding hydrogens is 162 g/mol. The largest absolute Gasteiger partial charge is 0.370 e. The minimum Gasteiger partial charge on any atom is -0.370 e. The second-order valence-corrected chi connectivity index (χ2v) is 2.67. The highest BCUT2D eigenvalue weighted by atomic mass is 32.1. The third-order valence-corrected chi connectivity index (χ3v) is 1.67. The first-order chi connectivity index (χ1) is 5.20. The summed E-state index contributed by atoms with van der Waals surface area (Å²) in [6.07, 6.45) is 0. The van der Waals surface area contributed by atoms with Gasteiger partial charge in [0, 0.05) is 5.38 Å². The Kier molecular flexibility index (Phi) is 2.37. The summed E-state index contributed by atoms with van der Waals surface area (Å²) in [6.45, 7) is 1.86. The Hall–Kier alpha value is -1.17. The molecule has 0 bridgehead atoms. The molecule has 1 rings (SSSR count). The zero-order chi connectivity index (χ0) is 8.27. The molecule has 0 aliphatic heterocycles. The van der Waals surface area contributed by atoms with Crippen molar-refractivity contribution in [1.82, 2.24) is 9.59 Å². The van der Waals surface area contributed by atoms with Gasteiger partial charge in [0.05, 0.1) is 11.7 Å². The van der Waals surface area contributed by atoms with Gasteiger partial charge in [-0.2, -0.15) is 0 Å². The molecule has 0 radical (unpaired) electrons. The van der Waals surface area contributed by atoms with Gasteiger partial charge in [-0.1, -0.05) is 4.49 Å². The predicted octanol–water partition coefficient (Wildman–Crippen LogP) is -0.128. The molecule has 0 saturated heterocycles. The summed E-state index contributed by atoms with van der Waals surface area (Å²) < 4.78 is 3.69. The summed E-state index contributed by atoms with van der Waals surface area (Å²) in [5.41, 5.74) is 11.2. The SMILES string of the molecule is CC(N=C(N)N)c1csnn1. The van der Waals surface area contributed by atoms with Crippen LogP contribution in [0.5, 0.6) is 0 Å². The van der Waals surface area contributed by atoms with Crippen LogP contribution in [-0.2, 0) is 0 Å². The van der Waals surface area contributed by atoms with E-state index in [0.717, 1.165) is 5.69 Å². The van der Waals surface area contributed by atoms with Crippen LogP contribution in [0.2, 0.25) is 0 Å². The number of nitrogens with two attached hydrogens (primary N) is 2. The van der Waals surface area contributed by atoms with Gasteiger partial charge in [0.1, 0.15) is 0 Å². The molecule has 11 heavy (non-hydrogen) atoms. The molecule has 4 N–H and O–H groups in total. The zero-order valence-electron chi connectivity index (χ0n) is 6.06. The summed E-state index contributed by atoms with van der Waals surface area (Å²) in [5, 5.41) is 5.64. The first kappa shape index (κ1) is 7.93. The van der Waals surface area contributed by atoms with Gasteiger partial charge in [0.2, 0.25) is 0 Å². The number of guanidine groups is 1. The fourth-order valence-electron chi connectivity index (χ4n) is 0.644. The van der Waals surface area contributed by atoms with Crippen molar-refractivity contribution in [3.63, 3.8) is 0 Å². The number of nitrogens with zero attached hydrogens (tertiary/aromatic N) is 3. The van der Waals surface area contributed by atoms with E-state index in [1.165, 1.54) is 11.5 Å². The van der Waals surface area contributed by atoms with Crippen molar-refractivity contribution in [2.75, 3.05) is 0 Å². The normalized spacial score (nSPS) is 12.5. The maximum absolute atomic E-state index is 5.18. The fraction of sp³-hybridized carbons (Fsp3) is 0.400. The average molecular weight is 171 g/mol. The molecule has 0 aliphatic rings. The Balaban J connectivity index is 2.71. The predicted molar refractivity (Wildman–Crippen MR) is 44.1 cm³/mol. The van der Waals surface area contributed by atoms with Gasteiger partial charge >= 0.3 is 0 Å². The first-order valence-corrected chi connectivity index (χ1v) is 3.89. The van der Waals surface area contributed by atoms with E-state index in [1.54, 1.807) is 0 Å². The van der Waals surface area contributed by atoms with Crippen molar-refractivity contribution in [3.8, 4) is 0 Å². The van der Waals surface area contributed by atoms with Crippen LogP contribution in [0.1, 0.15) is 18.7 Å². The Morgan fingerprint density at radius 1 is 1.73 bits per heavy atom. The van der Waals surface area contributed by atoms with Crippen molar-refractivity contribution in [2.24, 2.45) is 16.5 Å². The van der Waals surface area contributed by atoms with Crippen molar-refractivity contribution < 1.29 is 0 Å². The molecule has 0 spiro atoms. The first-order valence-electron chi connectivity index (χ1n) is 3.06. The van der Waals surface area contributed by atoms with Crippen LogP contribution in [0.25, 0.3) is 0 Å². The third kappa shape index (κ3) is 2.15. The molecule has 0 aromatic carbocycles. The van der Waals surface area contributed by atoms with Crippen LogP contribution >= 0.6 is 11.5 Å². The Bertz CT molecular complexity index is 237. The van der Waals surface area contributed by atoms with E-state index in [2.05, 4.69) is 14.6 Å². The molecule has 0 amide bonds. The van der Waals surface area contributed by atoms with E-state index in [4.69, 9.17) is 11.5 Å². The molecule has 1 aromatic rings. The molecule has 1 atom stereocenters. The molecule has 1 aromatic heterocycles. The van der Waals surface area contributed by atoms with Gasteiger partial charge in [-0.25, -0.2) is 4.99 Å². The minimum atomic E-state index is -0.0984. The van der Waals surface area contributed by atoms with E-state index in [0.29, 0.717) is 0 Å². The Morgan fingerprint density at radius 2 is 2.45 bits per heavy atom. The summed E-state index contributed by atoms with van der Waals surface area (Å²) in [6, 6.07) is -0.0984. The molecule has 1 unspecified atom stereocenters. The molecular formula is C5H9N5S. The minimum absolute atomic E-state index is 0.0745. The highest BCUT2D eigenvalue weighted by Gasteiger charge is 2.05. The van der Waals surface area contributed by atoms with E-state index < -0.39 is 0 Å². The number of hydrogen-bond donors (Lipinski definition) is 2. The molecule has 0 fully saturated rings. The monoisotopic (exact) mass is 171 g/mol. The van der Waals surface area contributed by atoms with Crippen LogP contribution in [0.4, 0.5) is 0 Å². The molecule has 0 saturated carbocycles. The van der Waals surface area contributed by atoms with Crippen LogP contribution < -0.4 is 11.5 Å². The second kappa shape index (κ2) is 3.29. The average Bonchev–Trinajstić information content (AvgIpc) is 2.35. The van der Waals surface area contributed by atoms with Crippen molar-refractivity contribution in [3.05, 3.63) is 11.1 Å². The van der Waals surface area contributed by atoms with E-state index in [-0.39, 0.29) is 12.0 Å². The van der Waals surface area contributed by atoms with Crippen LogP contribution in [0.3, 0.4) is 0 Å². The standard InChI is InChI=1S/C5H9N5S/c1-3(8-5(6)7)4-2-11-10-9-4/h2-3H,1H3,(H4,6,7,8). The zero-order valence-corrected chi connectivity index (χ0v) is 6.88. The van der Waals surface area contributed by atoms with E-state index in [1.807, 2.05) is 12.3 Å². The summed E-state index contributed by atoms with van der Waals surface area (Å²) in [4.78, 5) is 3.90. The van der Waals surface area contributed by atoms with Crippen LogP contribution in [0, 0.1) is 0 Å². The smallest absolute Gasteiger partial charge is 0.186 e. The third-order valence-electron chi connectivity index (χ3n) is 1.15. The van der Waals surface area contributed by atoms with Gasteiger partial charge in [0.25, 0.3) is 0 Å². The Labute approximate surface area is 68.3 Å². The Morgan fingerprint density at radius 3 is 2.91 bits per heavy atom. The molecule has 6 heteroatoms. The summed E-state index contributed by atoms with van der Waals surface area (Å²) in [7, 11) is 0. The summed E-state index contributed by atoms with van der Waals surface area (Å²) in [5.74, 6) is 0.0745. The van der Waals surface area contributed by atoms with E-state index >= 15 is 0 Å². The molecule has 5 nitrogen and oxygen atoms in total. The summed E-state index contributed by atoms with van der Waals surface area (Å²) >= 11 is 1.28. The van der Waals surface area contributed by atoms with Crippen molar-refractivity contribution in [2.45, 2.75) is 13.0 Å². The lowest BCUT2D eigenvalue weighted by Crippen LogP contribution is -2.23. The number of rotatable bonds is 2. The number of hydrogen-bond acceptors (Lipinski definition) is 4. The fourth-order valence-corrected chi connectivity index (χ4v) is 1.18. The number of aliphatic imine (C=N–C) groups is 1. The van der Waals surface area contributed by atoms with Gasteiger partial charge in [-0.15, -0.1) is 5.10 Å². The van der Waals surface area contributed by atoms with Gasteiger partial charge in [-0.05, 0) is 18.5 Å². The van der Waals surface area contributed by atoms with Crippen LogP contribution in [0.15, 0.2) is 10.4 Å². The van der Waals surface area contributed by atoms with Crippen molar-refractivity contribution >= 4 is 17.5 Å². The lowest BCUT2D eigenvalue weighted by molar-refractivity contribution is 0.772. The quantitative estimate of drug-likeness (QED) is 0.479. The molecule has 1 heterocycles. The highest BCUT2D eigenvalue weighted by Crippen LogP contribution is 2.13. The molecule has 60 valence electrons. The maximum Gasteiger partial charge on any atom is 0.186 e. The van der Waals surface area contributed by atoms with Gasteiger partial charge < -0.3 is 11.5 Å². The topological polar surface area (TPSA) is 90.2 Å². The number of aromatic nitrogens is 2.